The van der Waals surface area contributed by atoms with Gasteiger partial charge in [-0.3, -0.25) is 14.2 Å². The zero-order valence-corrected chi connectivity index (χ0v) is 24.7. The maximum absolute atomic E-state index is 14.4. The van der Waals surface area contributed by atoms with Gasteiger partial charge < -0.3 is 15.5 Å². The van der Waals surface area contributed by atoms with Crippen molar-refractivity contribution in [1.29, 1.82) is 0 Å². The van der Waals surface area contributed by atoms with Crippen LogP contribution in [-0.4, -0.2) is 38.3 Å². The van der Waals surface area contributed by atoms with Gasteiger partial charge in [-0.25, -0.2) is 4.79 Å². The Bertz CT molecular complexity index is 1700. The second-order valence-corrected chi connectivity index (χ2v) is 12.1. The van der Waals surface area contributed by atoms with Crippen molar-refractivity contribution in [1.82, 2.24) is 14.4 Å². The molecule has 4 aromatic rings. The van der Waals surface area contributed by atoms with E-state index < -0.39 is 6.03 Å². The molecule has 0 aliphatic carbocycles. The summed E-state index contributed by atoms with van der Waals surface area (Å²) in [5.41, 5.74) is 15.8. The Morgan fingerprint density at radius 1 is 0.927 bits per heavy atom. The van der Waals surface area contributed by atoms with Gasteiger partial charge in [0.1, 0.15) is 0 Å². The van der Waals surface area contributed by atoms with Gasteiger partial charge >= 0.3 is 6.03 Å². The van der Waals surface area contributed by atoms with E-state index in [0.29, 0.717) is 42.9 Å². The second-order valence-electron chi connectivity index (χ2n) is 11.3. The van der Waals surface area contributed by atoms with E-state index in [1.807, 2.05) is 71.7 Å². The van der Waals surface area contributed by atoms with Crippen LogP contribution in [0.2, 0.25) is 0 Å². The van der Waals surface area contributed by atoms with Crippen LogP contribution in [0.5, 0.6) is 0 Å². The monoisotopic (exact) mass is 566 g/mol. The molecule has 0 unspecified atom stereocenters. The lowest BCUT2D eigenvalue weighted by molar-refractivity contribution is -0.131. The molecule has 3 amide bonds. The third kappa shape index (κ3) is 4.66. The highest BCUT2D eigenvalue weighted by molar-refractivity contribution is 7.08. The number of rotatable bonds is 4. The van der Waals surface area contributed by atoms with Crippen LogP contribution in [0.1, 0.15) is 61.9 Å². The van der Waals surface area contributed by atoms with Gasteiger partial charge in [-0.2, -0.15) is 11.3 Å². The number of carbonyl (C=O) groups is 3. The van der Waals surface area contributed by atoms with Crippen LogP contribution in [0.4, 0.5) is 4.79 Å². The van der Waals surface area contributed by atoms with Crippen LogP contribution in [-0.2, 0) is 37.3 Å². The van der Waals surface area contributed by atoms with E-state index in [4.69, 9.17) is 5.73 Å². The Hall–Kier alpha value is -4.17. The minimum atomic E-state index is -0.583. The second kappa shape index (κ2) is 10.3. The minimum absolute atomic E-state index is 0.00897. The third-order valence-corrected chi connectivity index (χ3v) is 9.58. The molecule has 7 nitrogen and oxygen atoms in total. The lowest BCUT2D eigenvalue weighted by atomic mass is 9.91. The van der Waals surface area contributed by atoms with E-state index in [2.05, 4.69) is 19.1 Å². The van der Waals surface area contributed by atoms with Crippen LogP contribution in [0.15, 0.2) is 53.2 Å². The van der Waals surface area contributed by atoms with E-state index in [1.54, 1.807) is 11.3 Å². The fourth-order valence-corrected chi connectivity index (χ4v) is 7.00. The van der Waals surface area contributed by atoms with Gasteiger partial charge in [0.25, 0.3) is 5.91 Å². The minimum Gasteiger partial charge on any atom is -0.351 e. The summed E-state index contributed by atoms with van der Waals surface area (Å²) in [6.45, 7) is 9.32. The highest BCUT2D eigenvalue weighted by Crippen LogP contribution is 2.38. The molecule has 0 saturated heterocycles. The maximum atomic E-state index is 14.4. The van der Waals surface area contributed by atoms with Crippen LogP contribution in [0.3, 0.4) is 0 Å². The first kappa shape index (κ1) is 27.0. The predicted molar refractivity (Wildman–Crippen MR) is 161 cm³/mol. The van der Waals surface area contributed by atoms with E-state index in [0.717, 1.165) is 45.5 Å². The summed E-state index contributed by atoms with van der Waals surface area (Å²) >= 11 is 1.58. The number of hydrogen-bond acceptors (Lipinski definition) is 4. The lowest BCUT2D eigenvalue weighted by Gasteiger charge is -2.35. The number of hydrogen-bond donors (Lipinski definition) is 1. The number of thiophene rings is 1. The summed E-state index contributed by atoms with van der Waals surface area (Å²) in [7, 11) is 0. The van der Waals surface area contributed by atoms with Crippen LogP contribution in [0, 0.1) is 20.8 Å². The Morgan fingerprint density at radius 2 is 1.63 bits per heavy atom. The molecule has 0 spiro atoms. The Kier molecular flexibility index (Phi) is 6.82. The van der Waals surface area contributed by atoms with E-state index in [-0.39, 0.29) is 17.9 Å². The smallest absolute Gasteiger partial charge is 0.323 e. The molecular formula is C33H34N4O3S. The number of nitrogens with zero attached hydrogens (tertiary/aromatic N) is 3. The van der Waals surface area contributed by atoms with E-state index >= 15 is 0 Å². The van der Waals surface area contributed by atoms with Crippen LogP contribution < -0.4 is 5.73 Å². The van der Waals surface area contributed by atoms with E-state index in [9.17, 15) is 14.4 Å². The number of benzene rings is 2. The number of aromatic nitrogens is 1. The first-order valence-electron chi connectivity index (χ1n) is 13.9. The Labute approximate surface area is 244 Å². The van der Waals surface area contributed by atoms with Gasteiger partial charge in [0.2, 0.25) is 5.91 Å². The summed E-state index contributed by atoms with van der Waals surface area (Å²) < 4.78 is 1.52. The number of amides is 3. The Morgan fingerprint density at radius 3 is 2.32 bits per heavy atom. The first-order chi connectivity index (χ1) is 19.6. The van der Waals surface area contributed by atoms with Crippen molar-refractivity contribution >= 4 is 29.2 Å². The standard InChI is InChI=1S/C33H34N4O3S/c1-19-11-24-7-5-6-8-25(24)17-36(19)32(39)29-14-27-16-35(30(38)12-23-9-10-41-18-23)15-26(27)13-28(29)31-21(3)20(2)22(4)37(31)33(34)40/h5-10,13-14,18-19H,11-12,15-17H2,1-4H3,(H2,34,40)/t19-/m1/s1. The fourth-order valence-electron chi connectivity index (χ4n) is 6.34. The molecule has 0 fully saturated rings. The molecular weight excluding hydrogens is 532 g/mol. The van der Waals surface area contributed by atoms with Gasteiger partial charge in [-0.1, -0.05) is 24.3 Å². The van der Waals surface area contributed by atoms with Gasteiger partial charge in [0.05, 0.1) is 12.1 Å². The zero-order valence-electron chi connectivity index (χ0n) is 23.9. The zero-order chi connectivity index (χ0) is 29.0. The van der Waals surface area contributed by atoms with Crippen molar-refractivity contribution in [2.45, 2.75) is 66.2 Å². The molecule has 6 rings (SSSR count). The normalized spacial score (nSPS) is 16.0. The number of fused-ring (bicyclic) bond motifs is 2. The molecule has 2 aromatic carbocycles. The lowest BCUT2D eigenvalue weighted by Crippen LogP contribution is -2.42. The average molecular weight is 567 g/mol. The summed E-state index contributed by atoms with van der Waals surface area (Å²) in [4.78, 5) is 44.1. The van der Waals surface area contributed by atoms with Crippen molar-refractivity contribution in [3.8, 4) is 11.3 Å². The third-order valence-electron chi connectivity index (χ3n) is 8.84. The molecule has 0 saturated carbocycles. The SMILES string of the molecule is Cc1c(C)c(-c2cc3c(cc2C(=O)N2Cc4ccccc4C[C@H]2C)CN(C(=O)Cc2ccsc2)C3)n(C(N)=O)c1C. The van der Waals surface area contributed by atoms with Crippen molar-refractivity contribution in [3.63, 3.8) is 0 Å². The highest BCUT2D eigenvalue weighted by Gasteiger charge is 2.33. The molecule has 4 heterocycles. The first-order valence-corrected chi connectivity index (χ1v) is 14.9. The molecule has 210 valence electrons. The molecule has 2 aliphatic heterocycles. The highest BCUT2D eigenvalue weighted by atomic mass is 32.1. The van der Waals surface area contributed by atoms with Crippen LogP contribution in [0.25, 0.3) is 11.3 Å². The van der Waals surface area contributed by atoms with Crippen molar-refractivity contribution in [2.75, 3.05) is 0 Å². The van der Waals surface area contributed by atoms with Crippen molar-refractivity contribution in [3.05, 3.63) is 103 Å². The largest absolute Gasteiger partial charge is 0.351 e. The molecule has 2 aliphatic rings. The molecule has 0 bridgehead atoms. The fraction of sp³-hybridized carbons (Fsp3) is 0.303. The van der Waals surface area contributed by atoms with Crippen molar-refractivity contribution in [2.24, 2.45) is 5.73 Å². The topological polar surface area (TPSA) is 88.6 Å². The number of carbonyl (C=O) groups excluding carboxylic acids is 3. The molecule has 8 heteroatoms. The van der Waals surface area contributed by atoms with Crippen molar-refractivity contribution < 1.29 is 14.4 Å². The molecule has 2 N–H and O–H groups in total. The van der Waals surface area contributed by atoms with Gasteiger partial charge in [-0.15, -0.1) is 0 Å². The maximum Gasteiger partial charge on any atom is 0.323 e. The molecule has 2 aromatic heterocycles. The van der Waals surface area contributed by atoms with E-state index in [1.165, 1.54) is 10.1 Å². The quantitative estimate of drug-likeness (QED) is 0.342. The van der Waals surface area contributed by atoms with Gasteiger partial charge in [0, 0.05) is 42.5 Å². The summed E-state index contributed by atoms with van der Waals surface area (Å²) in [5, 5.41) is 3.98. The van der Waals surface area contributed by atoms with Gasteiger partial charge in [-0.05, 0) is 102 Å². The summed E-state index contributed by atoms with van der Waals surface area (Å²) in [6, 6.07) is 13.6. The number of nitrogens with two attached hydrogens (primary N) is 1. The molecule has 0 radical (unpaired) electrons. The molecule has 41 heavy (non-hydrogen) atoms. The summed E-state index contributed by atoms with van der Waals surface area (Å²) in [5.74, 6) is -0.0292. The van der Waals surface area contributed by atoms with Crippen LogP contribution >= 0.6 is 11.3 Å². The Balaban J connectivity index is 1.45. The van der Waals surface area contributed by atoms with Gasteiger partial charge in [0.15, 0.2) is 0 Å². The summed E-state index contributed by atoms with van der Waals surface area (Å²) in [6.07, 6.45) is 1.13. The molecule has 1 atom stereocenters. The average Bonchev–Trinajstić information content (AvgIpc) is 3.67. The predicted octanol–water partition coefficient (Wildman–Crippen LogP) is 5.74. The number of primary amides is 1.